The lowest BCUT2D eigenvalue weighted by molar-refractivity contribution is 0.0209. The number of nitrogens with two attached hydrogens (primary N) is 1. The van der Waals surface area contributed by atoms with E-state index < -0.39 is 0 Å². The third kappa shape index (κ3) is 2.73. The first-order chi connectivity index (χ1) is 9.38. The van der Waals surface area contributed by atoms with Gasteiger partial charge in [-0.3, -0.25) is 9.88 Å². The fourth-order valence-electron chi connectivity index (χ4n) is 3.09. The standard InChI is InChI=1S/C14H22N4O/c15-9-12-10-16-3-1-14(12)18-4-2-13(11-18)17-5-7-19-8-6-17/h1,3,10,13H,2,4-9,11,15H2. The van der Waals surface area contributed by atoms with Crippen LogP contribution in [0.4, 0.5) is 5.69 Å². The van der Waals surface area contributed by atoms with Gasteiger partial charge in [0.15, 0.2) is 0 Å². The molecule has 0 aromatic carbocycles. The highest BCUT2D eigenvalue weighted by Crippen LogP contribution is 2.26. The van der Waals surface area contributed by atoms with Gasteiger partial charge in [-0.2, -0.15) is 0 Å². The molecule has 19 heavy (non-hydrogen) atoms. The molecule has 1 aromatic heterocycles. The quantitative estimate of drug-likeness (QED) is 0.857. The SMILES string of the molecule is NCc1cnccc1N1CCC(N2CCOCC2)C1. The third-order valence-electron chi connectivity index (χ3n) is 4.16. The molecule has 1 unspecified atom stereocenters. The van der Waals surface area contributed by atoms with Gasteiger partial charge in [0, 0.05) is 62.4 Å². The summed E-state index contributed by atoms with van der Waals surface area (Å²) in [6, 6.07) is 2.74. The highest BCUT2D eigenvalue weighted by atomic mass is 16.5. The summed E-state index contributed by atoms with van der Waals surface area (Å²) < 4.78 is 5.43. The monoisotopic (exact) mass is 262 g/mol. The van der Waals surface area contributed by atoms with Crippen molar-refractivity contribution < 1.29 is 4.74 Å². The normalized spacial score (nSPS) is 24.9. The Morgan fingerprint density at radius 2 is 2.16 bits per heavy atom. The maximum Gasteiger partial charge on any atom is 0.0594 e. The van der Waals surface area contributed by atoms with Gasteiger partial charge in [-0.05, 0) is 12.5 Å². The molecule has 1 aromatic rings. The van der Waals surface area contributed by atoms with Crippen molar-refractivity contribution in [2.45, 2.75) is 19.0 Å². The summed E-state index contributed by atoms with van der Waals surface area (Å²) in [4.78, 5) is 9.17. The predicted molar refractivity (Wildman–Crippen MR) is 75.1 cm³/mol. The largest absolute Gasteiger partial charge is 0.379 e. The van der Waals surface area contributed by atoms with Crippen LogP contribution in [0.1, 0.15) is 12.0 Å². The molecule has 0 spiro atoms. The molecular weight excluding hydrogens is 240 g/mol. The molecule has 104 valence electrons. The summed E-state index contributed by atoms with van der Waals surface area (Å²) in [5.74, 6) is 0. The number of hydrogen-bond donors (Lipinski definition) is 1. The highest BCUT2D eigenvalue weighted by molar-refractivity contribution is 5.53. The zero-order valence-corrected chi connectivity index (χ0v) is 11.3. The minimum atomic E-state index is 0.557. The van der Waals surface area contributed by atoms with Crippen molar-refractivity contribution in [1.29, 1.82) is 0 Å². The molecule has 0 bridgehead atoms. The van der Waals surface area contributed by atoms with Crippen LogP contribution >= 0.6 is 0 Å². The number of morpholine rings is 1. The van der Waals surface area contributed by atoms with Crippen molar-refractivity contribution >= 4 is 5.69 Å². The van der Waals surface area contributed by atoms with E-state index in [1.165, 1.54) is 12.1 Å². The van der Waals surface area contributed by atoms with Crippen molar-refractivity contribution in [2.75, 3.05) is 44.3 Å². The van der Waals surface area contributed by atoms with Crippen LogP contribution in [-0.4, -0.2) is 55.3 Å². The van der Waals surface area contributed by atoms with Crippen LogP contribution in [0.5, 0.6) is 0 Å². The van der Waals surface area contributed by atoms with Crippen LogP contribution in [0.3, 0.4) is 0 Å². The van der Waals surface area contributed by atoms with E-state index in [1.807, 2.05) is 12.4 Å². The first-order valence-corrected chi connectivity index (χ1v) is 7.08. The van der Waals surface area contributed by atoms with Gasteiger partial charge in [-0.15, -0.1) is 0 Å². The van der Waals surface area contributed by atoms with Crippen LogP contribution < -0.4 is 10.6 Å². The lowest BCUT2D eigenvalue weighted by Crippen LogP contribution is -2.44. The average molecular weight is 262 g/mol. The molecule has 2 N–H and O–H groups in total. The minimum Gasteiger partial charge on any atom is -0.379 e. The van der Waals surface area contributed by atoms with Gasteiger partial charge in [-0.1, -0.05) is 0 Å². The first kappa shape index (κ1) is 12.8. The molecule has 1 atom stereocenters. The third-order valence-corrected chi connectivity index (χ3v) is 4.16. The molecule has 2 aliphatic heterocycles. The minimum absolute atomic E-state index is 0.557. The van der Waals surface area contributed by atoms with Crippen molar-refractivity contribution in [1.82, 2.24) is 9.88 Å². The second kappa shape index (κ2) is 5.86. The summed E-state index contributed by atoms with van der Waals surface area (Å²) >= 11 is 0. The van der Waals surface area contributed by atoms with Crippen molar-refractivity contribution in [3.63, 3.8) is 0 Å². The summed E-state index contributed by atoms with van der Waals surface area (Å²) in [7, 11) is 0. The van der Waals surface area contributed by atoms with Crippen LogP contribution in [-0.2, 0) is 11.3 Å². The van der Waals surface area contributed by atoms with E-state index in [2.05, 4.69) is 20.9 Å². The van der Waals surface area contributed by atoms with Crippen LogP contribution in [0, 0.1) is 0 Å². The number of ether oxygens (including phenoxy) is 1. The summed E-state index contributed by atoms with van der Waals surface area (Å²) in [5.41, 5.74) is 8.20. The molecular formula is C14H22N4O. The fourth-order valence-corrected chi connectivity index (χ4v) is 3.09. The van der Waals surface area contributed by atoms with Crippen molar-refractivity contribution in [3.8, 4) is 0 Å². The molecule has 3 rings (SSSR count). The smallest absolute Gasteiger partial charge is 0.0594 e. The lowest BCUT2D eigenvalue weighted by atomic mass is 10.2. The van der Waals surface area contributed by atoms with Crippen molar-refractivity contribution in [2.24, 2.45) is 5.73 Å². The number of nitrogens with zero attached hydrogens (tertiary/aromatic N) is 3. The summed E-state index contributed by atoms with van der Waals surface area (Å²) in [6.45, 7) is 6.65. The van der Waals surface area contributed by atoms with Gasteiger partial charge in [0.25, 0.3) is 0 Å². The number of pyridine rings is 1. The van der Waals surface area contributed by atoms with E-state index in [-0.39, 0.29) is 0 Å². The second-order valence-corrected chi connectivity index (χ2v) is 5.25. The van der Waals surface area contributed by atoms with Gasteiger partial charge >= 0.3 is 0 Å². The van der Waals surface area contributed by atoms with Crippen LogP contribution in [0.15, 0.2) is 18.5 Å². The van der Waals surface area contributed by atoms with Gasteiger partial charge < -0.3 is 15.4 Å². The highest BCUT2D eigenvalue weighted by Gasteiger charge is 2.29. The molecule has 0 aliphatic carbocycles. The molecule has 0 amide bonds. The summed E-state index contributed by atoms with van der Waals surface area (Å²) in [6.07, 6.45) is 4.97. The molecule has 2 aliphatic rings. The first-order valence-electron chi connectivity index (χ1n) is 7.08. The van der Waals surface area contributed by atoms with Crippen LogP contribution in [0.2, 0.25) is 0 Å². The van der Waals surface area contributed by atoms with E-state index in [4.69, 9.17) is 10.5 Å². The van der Waals surface area contributed by atoms with E-state index in [1.54, 1.807) is 0 Å². The fraction of sp³-hybridized carbons (Fsp3) is 0.643. The Kier molecular flexibility index (Phi) is 3.96. The molecule has 0 radical (unpaired) electrons. The average Bonchev–Trinajstić information content (AvgIpc) is 2.98. The van der Waals surface area contributed by atoms with Gasteiger partial charge in [0.1, 0.15) is 0 Å². The molecule has 5 heteroatoms. The summed E-state index contributed by atoms with van der Waals surface area (Å²) in [5, 5.41) is 0. The van der Waals surface area contributed by atoms with Gasteiger partial charge in [0.2, 0.25) is 0 Å². The Morgan fingerprint density at radius 1 is 1.32 bits per heavy atom. The zero-order valence-electron chi connectivity index (χ0n) is 11.3. The maximum absolute atomic E-state index is 5.80. The van der Waals surface area contributed by atoms with Gasteiger partial charge in [-0.25, -0.2) is 0 Å². The van der Waals surface area contributed by atoms with E-state index in [9.17, 15) is 0 Å². The van der Waals surface area contributed by atoms with Crippen molar-refractivity contribution in [3.05, 3.63) is 24.0 Å². The van der Waals surface area contributed by atoms with E-state index in [0.717, 1.165) is 45.0 Å². The van der Waals surface area contributed by atoms with Gasteiger partial charge in [0.05, 0.1) is 13.2 Å². The Morgan fingerprint density at radius 3 is 2.95 bits per heavy atom. The Labute approximate surface area is 114 Å². The topological polar surface area (TPSA) is 54.6 Å². The second-order valence-electron chi connectivity index (χ2n) is 5.25. The van der Waals surface area contributed by atoms with E-state index in [0.29, 0.717) is 12.6 Å². The van der Waals surface area contributed by atoms with Crippen LogP contribution in [0.25, 0.3) is 0 Å². The Balaban J connectivity index is 1.67. The Bertz CT molecular complexity index is 420. The Hall–Kier alpha value is -1.17. The number of hydrogen-bond acceptors (Lipinski definition) is 5. The molecule has 0 saturated carbocycles. The van der Waals surface area contributed by atoms with E-state index >= 15 is 0 Å². The predicted octanol–water partition coefficient (Wildman–Crippen LogP) is 0.451. The maximum atomic E-state index is 5.80. The zero-order chi connectivity index (χ0) is 13.1. The number of anilines is 1. The number of aromatic nitrogens is 1. The molecule has 2 fully saturated rings. The number of rotatable bonds is 3. The lowest BCUT2D eigenvalue weighted by Gasteiger charge is -2.32. The molecule has 5 nitrogen and oxygen atoms in total. The molecule has 2 saturated heterocycles. The molecule has 3 heterocycles.